The van der Waals surface area contributed by atoms with Crippen molar-refractivity contribution in [1.82, 2.24) is 4.90 Å². The monoisotopic (exact) mass is 166 g/mol. The number of hydrogen-bond acceptors (Lipinski definition) is 2. The van der Waals surface area contributed by atoms with E-state index < -0.39 is 0 Å². The molecule has 0 heterocycles. The molecule has 0 aliphatic rings. The van der Waals surface area contributed by atoms with E-state index in [2.05, 4.69) is 38.7 Å². The molecule has 0 aromatic heterocycles. The molecule has 0 spiro atoms. The Morgan fingerprint density at radius 2 is 1.92 bits per heavy atom. The van der Waals surface area contributed by atoms with Crippen molar-refractivity contribution in [3.8, 4) is 6.07 Å². The third kappa shape index (κ3) is 3.43. The second kappa shape index (κ2) is 5.65. The van der Waals surface area contributed by atoms with Crippen LogP contribution in [0.1, 0.15) is 27.7 Å². The standard InChI is InChI=1S/C10H18N2/c1-5-12(6-2)10(8-11)7-9(3)4/h7,9H,5-6H2,1-4H3. The van der Waals surface area contributed by atoms with Crippen molar-refractivity contribution in [3.63, 3.8) is 0 Å². The van der Waals surface area contributed by atoms with E-state index in [9.17, 15) is 0 Å². The van der Waals surface area contributed by atoms with Crippen LogP contribution in [-0.2, 0) is 0 Å². The lowest BCUT2D eigenvalue weighted by molar-refractivity contribution is 0.393. The Balaban J connectivity index is 4.44. The van der Waals surface area contributed by atoms with E-state index in [1.807, 2.05) is 6.08 Å². The van der Waals surface area contributed by atoms with Gasteiger partial charge in [-0.25, -0.2) is 0 Å². The minimum absolute atomic E-state index is 0.445. The Kier molecular flexibility index (Phi) is 5.19. The van der Waals surface area contributed by atoms with Gasteiger partial charge in [0.15, 0.2) is 0 Å². The van der Waals surface area contributed by atoms with Crippen LogP contribution in [0, 0.1) is 17.2 Å². The molecule has 12 heavy (non-hydrogen) atoms. The first-order valence-corrected chi connectivity index (χ1v) is 4.52. The fourth-order valence-electron chi connectivity index (χ4n) is 1.09. The van der Waals surface area contributed by atoms with Crippen LogP contribution in [-0.4, -0.2) is 18.0 Å². The van der Waals surface area contributed by atoms with Crippen LogP contribution in [0.5, 0.6) is 0 Å². The molecule has 0 aliphatic heterocycles. The summed E-state index contributed by atoms with van der Waals surface area (Å²) < 4.78 is 0. The Bertz CT molecular complexity index is 183. The maximum Gasteiger partial charge on any atom is 0.117 e. The molecule has 0 radical (unpaired) electrons. The molecule has 0 aliphatic carbocycles. The summed E-state index contributed by atoms with van der Waals surface area (Å²) in [6.07, 6.45) is 2.01. The van der Waals surface area contributed by atoms with Gasteiger partial charge in [0.1, 0.15) is 11.8 Å². The van der Waals surface area contributed by atoms with Crippen molar-refractivity contribution in [2.45, 2.75) is 27.7 Å². The first-order chi connectivity index (χ1) is 5.65. The summed E-state index contributed by atoms with van der Waals surface area (Å²) in [6.45, 7) is 10.1. The molecule has 0 atom stereocenters. The molecule has 0 aromatic rings. The van der Waals surface area contributed by atoms with E-state index in [0.717, 1.165) is 18.8 Å². The SMILES string of the molecule is CCN(CC)C(C#N)=CC(C)C. The largest absolute Gasteiger partial charge is 0.364 e. The molecular weight excluding hydrogens is 148 g/mol. The molecular formula is C10H18N2. The molecule has 2 heteroatoms. The average Bonchev–Trinajstić information content (AvgIpc) is 2.04. The molecule has 0 saturated carbocycles. The zero-order valence-corrected chi connectivity index (χ0v) is 8.46. The fraction of sp³-hybridized carbons (Fsp3) is 0.700. The summed E-state index contributed by atoms with van der Waals surface area (Å²) >= 11 is 0. The van der Waals surface area contributed by atoms with Gasteiger partial charge >= 0.3 is 0 Å². The molecule has 0 bridgehead atoms. The first kappa shape index (κ1) is 11.0. The minimum atomic E-state index is 0.445. The number of allylic oxidation sites excluding steroid dienone is 2. The fourth-order valence-corrected chi connectivity index (χ4v) is 1.09. The van der Waals surface area contributed by atoms with Gasteiger partial charge in [0, 0.05) is 13.1 Å². The molecule has 0 saturated heterocycles. The molecule has 0 amide bonds. The highest BCUT2D eigenvalue weighted by Crippen LogP contribution is 2.06. The quantitative estimate of drug-likeness (QED) is 0.600. The van der Waals surface area contributed by atoms with Crippen molar-refractivity contribution in [2.24, 2.45) is 5.92 Å². The van der Waals surface area contributed by atoms with E-state index in [1.54, 1.807) is 0 Å². The predicted molar refractivity (Wildman–Crippen MR) is 51.5 cm³/mol. The van der Waals surface area contributed by atoms with Gasteiger partial charge in [0.25, 0.3) is 0 Å². The summed E-state index contributed by atoms with van der Waals surface area (Å²) in [5, 5.41) is 8.85. The summed E-state index contributed by atoms with van der Waals surface area (Å²) in [5.41, 5.74) is 0.801. The first-order valence-electron chi connectivity index (χ1n) is 4.52. The van der Waals surface area contributed by atoms with E-state index >= 15 is 0 Å². The highest BCUT2D eigenvalue weighted by molar-refractivity contribution is 5.19. The third-order valence-corrected chi connectivity index (χ3v) is 1.71. The smallest absolute Gasteiger partial charge is 0.117 e. The summed E-state index contributed by atoms with van der Waals surface area (Å²) in [7, 11) is 0. The maximum absolute atomic E-state index is 8.85. The highest BCUT2D eigenvalue weighted by atomic mass is 15.1. The van der Waals surface area contributed by atoms with Gasteiger partial charge in [-0.15, -0.1) is 0 Å². The van der Waals surface area contributed by atoms with Gasteiger partial charge in [-0.3, -0.25) is 0 Å². The lowest BCUT2D eigenvalue weighted by Crippen LogP contribution is -2.21. The molecule has 0 N–H and O–H groups in total. The van der Waals surface area contributed by atoms with Crippen LogP contribution in [0.25, 0.3) is 0 Å². The number of rotatable bonds is 4. The zero-order chi connectivity index (χ0) is 9.56. The number of hydrogen-bond donors (Lipinski definition) is 0. The van der Waals surface area contributed by atoms with E-state index in [1.165, 1.54) is 0 Å². The summed E-state index contributed by atoms with van der Waals surface area (Å²) in [6, 6.07) is 2.22. The lowest BCUT2D eigenvalue weighted by atomic mass is 10.2. The van der Waals surface area contributed by atoms with E-state index in [-0.39, 0.29) is 0 Å². The topological polar surface area (TPSA) is 27.0 Å². The Hall–Kier alpha value is -0.970. The van der Waals surface area contributed by atoms with Crippen molar-refractivity contribution < 1.29 is 0 Å². The van der Waals surface area contributed by atoms with Gasteiger partial charge in [0.05, 0.1) is 0 Å². The molecule has 0 unspecified atom stereocenters. The molecule has 68 valence electrons. The molecule has 0 fully saturated rings. The van der Waals surface area contributed by atoms with Crippen LogP contribution in [0.4, 0.5) is 0 Å². The van der Waals surface area contributed by atoms with E-state index in [4.69, 9.17) is 5.26 Å². The van der Waals surface area contributed by atoms with Crippen molar-refractivity contribution >= 4 is 0 Å². The summed E-state index contributed by atoms with van der Waals surface area (Å²) in [4.78, 5) is 2.07. The highest BCUT2D eigenvalue weighted by Gasteiger charge is 2.04. The molecule has 2 nitrogen and oxygen atoms in total. The normalized spacial score (nSPS) is 11.5. The second-order valence-electron chi connectivity index (χ2n) is 3.08. The van der Waals surface area contributed by atoms with Crippen LogP contribution in [0.2, 0.25) is 0 Å². The minimum Gasteiger partial charge on any atom is -0.364 e. The van der Waals surface area contributed by atoms with Gasteiger partial charge in [-0.05, 0) is 25.8 Å². The van der Waals surface area contributed by atoms with Gasteiger partial charge in [0.2, 0.25) is 0 Å². The van der Waals surface area contributed by atoms with Crippen LogP contribution < -0.4 is 0 Å². The van der Waals surface area contributed by atoms with Gasteiger partial charge in [-0.2, -0.15) is 5.26 Å². The Labute approximate surface area is 75.5 Å². The zero-order valence-electron chi connectivity index (χ0n) is 8.46. The van der Waals surface area contributed by atoms with Crippen LogP contribution in [0.15, 0.2) is 11.8 Å². The van der Waals surface area contributed by atoms with Crippen molar-refractivity contribution in [1.29, 1.82) is 5.26 Å². The predicted octanol–water partition coefficient (Wildman–Crippen LogP) is 2.39. The van der Waals surface area contributed by atoms with Crippen molar-refractivity contribution in [2.75, 3.05) is 13.1 Å². The lowest BCUT2D eigenvalue weighted by Gasteiger charge is -2.19. The van der Waals surface area contributed by atoms with Gasteiger partial charge < -0.3 is 4.90 Å². The average molecular weight is 166 g/mol. The Morgan fingerprint density at radius 3 is 2.17 bits per heavy atom. The van der Waals surface area contributed by atoms with E-state index in [0.29, 0.717) is 5.92 Å². The Morgan fingerprint density at radius 1 is 1.42 bits per heavy atom. The molecule has 0 rings (SSSR count). The number of nitrogens with zero attached hydrogens (tertiary/aromatic N) is 2. The number of nitriles is 1. The third-order valence-electron chi connectivity index (χ3n) is 1.71. The van der Waals surface area contributed by atoms with Crippen LogP contribution >= 0.6 is 0 Å². The molecule has 0 aromatic carbocycles. The summed E-state index contributed by atoms with van der Waals surface area (Å²) in [5.74, 6) is 0.445. The van der Waals surface area contributed by atoms with Crippen molar-refractivity contribution in [3.05, 3.63) is 11.8 Å². The van der Waals surface area contributed by atoms with Gasteiger partial charge in [-0.1, -0.05) is 13.8 Å². The maximum atomic E-state index is 8.85. The van der Waals surface area contributed by atoms with Crippen LogP contribution in [0.3, 0.4) is 0 Å². The second-order valence-corrected chi connectivity index (χ2v) is 3.08.